The largest absolute Gasteiger partial charge is 0.313 e. The maximum atomic E-state index is 9.89. The molecule has 0 aromatic rings. The van der Waals surface area contributed by atoms with E-state index in [1.54, 1.807) is 5.06 Å². The molecule has 0 spiro atoms. The Bertz CT molecular complexity index is 169. The summed E-state index contributed by atoms with van der Waals surface area (Å²) >= 11 is 0. The van der Waals surface area contributed by atoms with Gasteiger partial charge in [-0.15, -0.1) is 0 Å². The molecule has 0 aromatic heterocycles. The summed E-state index contributed by atoms with van der Waals surface area (Å²) in [4.78, 5) is 0. The van der Waals surface area contributed by atoms with Gasteiger partial charge in [0.15, 0.2) is 0 Å². The Balaban J connectivity index is 2.74. The summed E-state index contributed by atoms with van der Waals surface area (Å²) in [5.74, 6) is 0. The summed E-state index contributed by atoms with van der Waals surface area (Å²) in [7, 11) is 0. The van der Waals surface area contributed by atoms with Crippen molar-refractivity contribution in [3.63, 3.8) is 0 Å². The zero-order chi connectivity index (χ0) is 9.57. The second-order valence-corrected chi connectivity index (χ2v) is 5.58. The number of rotatable bonds is 0. The highest BCUT2D eigenvalue weighted by Crippen LogP contribution is 2.39. The van der Waals surface area contributed by atoms with Crippen LogP contribution < -0.4 is 0 Å². The topological polar surface area (TPSA) is 23.5 Å². The lowest BCUT2D eigenvalue weighted by molar-refractivity contribution is -0.184. The van der Waals surface area contributed by atoms with E-state index in [-0.39, 0.29) is 11.0 Å². The van der Waals surface area contributed by atoms with Gasteiger partial charge in [0.05, 0.1) is 0 Å². The monoisotopic (exact) mass is 171 g/mol. The summed E-state index contributed by atoms with van der Waals surface area (Å²) in [6, 6.07) is 0.312. The first-order valence-corrected chi connectivity index (χ1v) is 4.73. The van der Waals surface area contributed by atoms with Gasteiger partial charge < -0.3 is 5.21 Å². The fourth-order valence-corrected chi connectivity index (χ4v) is 1.95. The quantitative estimate of drug-likeness (QED) is 0.605. The van der Waals surface area contributed by atoms with Gasteiger partial charge in [0.1, 0.15) is 0 Å². The third kappa shape index (κ3) is 1.64. The van der Waals surface area contributed by atoms with E-state index in [1.165, 1.54) is 0 Å². The maximum absolute atomic E-state index is 9.89. The van der Waals surface area contributed by atoms with Gasteiger partial charge in [0, 0.05) is 11.6 Å². The van der Waals surface area contributed by atoms with Crippen molar-refractivity contribution >= 4 is 0 Å². The van der Waals surface area contributed by atoms with Crippen molar-refractivity contribution in [2.24, 2.45) is 5.41 Å². The minimum Gasteiger partial charge on any atom is -0.313 e. The third-order valence-corrected chi connectivity index (χ3v) is 2.94. The van der Waals surface area contributed by atoms with Crippen LogP contribution in [-0.4, -0.2) is 21.9 Å². The molecule has 1 saturated heterocycles. The second kappa shape index (κ2) is 2.71. The fraction of sp³-hybridized carbons (Fsp3) is 1.00. The third-order valence-electron chi connectivity index (χ3n) is 2.94. The van der Waals surface area contributed by atoms with Gasteiger partial charge in [0.2, 0.25) is 0 Å². The predicted molar refractivity (Wildman–Crippen MR) is 50.2 cm³/mol. The molecule has 1 heterocycles. The van der Waals surface area contributed by atoms with Crippen molar-refractivity contribution in [1.29, 1.82) is 0 Å². The molecule has 1 atom stereocenters. The van der Waals surface area contributed by atoms with Gasteiger partial charge in [-0.05, 0) is 32.1 Å². The Labute approximate surface area is 75.5 Å². The van der Waals surface area contributed by atoms with Crippen LogP contribution in [-0.2, 0) is 0 Å². The SMILES string of the molecule is CC(C)(C)C1CCC(C)(C)N1O. The molecule has 1 aliphatic heterocycles. The molecule has 0 amide bonds. The molecule has 12 heavy (non-hydrogen) atoms. The molecule has 0 saturated carbocycles. The van der Waals surface area contributed by atoms with Crippen molar-refractivity contribution in [2.45, 2.75) is 59.0 Å². The average molecular weight is 171 g/mol. The van der Waals surface area contributed by atoms with Crippen molar-refractivity contribution < 1.29 is 5.21 Å². The highest BCUT2D eigenvalue weighted by atomic mass is 16.5. The standard InChI is InChI=1S/C10H21NO/c1-9(2,3)8-6-7-10(4,5)11(8)12/h8,12H,6-7H2,1-5H3. The average Bonchev–Trinajstić information content (AvgIpc) is 2.06. The van der Waals surface area contributed by atoms with Crippen LogP contribution >= 0.6 is 0 Å². The summed E-state index contributed by atoms with van der Waals surface area (Å²) in [5.41, 5.74) is 0.153. The second-order valence-electron chi connectivity index (χ2n) is 5.58. The number of hydroxylamine groups is 2. The molecule has 2 nitrogen and oxygen atoms in total. The van der Waals surface area contributed by atoms with E-state index in [4.69, 9.17) is 0 Å². The maximum Gasteiger partial charge on any atom is 0.0408 e. The van der Waals surface area contributed by atoms with Gasteiger partial charge >= 0.3 is 0 Å². The van der Waals surface area contributed by atoms with Gasteiger partial charge in [-0.25, -0.2) is 0 Å². The van der Waals surface area contributed by atoms with Crippen LogP contribution in [0, 0.1) is 5.41 Å². The van der Waals surface area contributed by atoms with E-state index in [9.17, 15) is 5.21 Å². The molecular weight excluding hydrogens is 150 g/mol. The first kappa shape index (κ1) is 10.0. The molecule has 1 unspecified atom stereocenters. The normalized spacial score (nSPS) is 31.0. The molecule has 0 aliphatic carbocycles. The smallest absolute Gasteiger partial charge is 0.0408 e. The van der Waals surface area contributed by atoms with Crippen LogP contribution in [0.1, 0.15) is 47.5 Å². The lowest BCUT2D eigenvalue weighted by Crippen LogP contribution is -2.45. The van der Waals surface area contributed by atoms with Gasteiger partial charge in [-0.1, -0.05) is 20.8 Å². The molecule has 0 aromatic carbocycles. The Kier molecular flexibility index (Phi) is 2.26. The van der Waals surface area contributed by atoms with Crippen molar-refractivity contribution in [3.05, 3.63) is 0 Å². The van der Waals surface area contributed by atoms with Crippen molar-refractivity contribution in [3.8, 4) is 0 Å². The lowest BCUT2D eigenvalue weighted by atomic mass is 9.86. The minimum absolute atomic E-state index is 0.0298. The Morgan fingerprint density at radius 2 is 1.83 bits per heavy atom. The van der Waals surface area contributed by atoms with E-state index >= 15 is 0 Å². The molecule has 1 N–H and O–H groups in total. The molecule has 0 bridgehead atoms. The van der Waals surface area contributed by atoms with Crippen molar-refractivity contribution in [1.82, 2.24) is 5.06 Å². The van der Waals surface area contributed by atoms with E-state index in [0.717, 1.165) is 12.8 Å². The molecule has 1 aliphatic rings. The van der Waals surface area contributed by atoms with E-state index < -0.39 is 0 Å². The fourth-order valence-electron chi connectivity index (χ4n) is 1.95. The molecule has 0 radical (unpaired) electrons. The molecule has 2 heteroatoms. The lowest BCUT2D eigenvalue weighted by Gasteiger charge is -2.36. The predicted octanol–water partition coefficient (Wildman–Crippen LogP) is 2.66. The Morgan fingerprint density at radius 3 is 2.00 bits per heavy atom. The van der Waals surface area contributed by atoms with Crippen LogP contribution in [0.2, 0.25) is 0 Å². The summed E-state index contributed by atoms with van der Waals surface area (Å²) in [5, 5.41) is 11.4. The van der Waals surface area contributed by atoms with Crippen LogP contribution in [0.3, 0.4) is 0 Å². The van der Waals surface area contributed by atoms with Crippen LogP contribution in [0.15, 0.2) is 0 Å². The van der Waals surface area contributed by atoms with Crippen LogP contribution in [0.4, 0.5) is 0 Å². The summed E-state index contributed by atoms with van der Waals surface area (Å²) < 4.78 is 0. The van der Waals surface area contributed by atoms with Crippen molar-refractivity contribution in [2.75, 3.05) is 0 Å². The number of hydrogen-bond acceptors (Lipinski definition) is 2. The number of hydrogen-bond donors (Lipinski definition) is 1. The first-order valence-electron chi connectivity index (χ1n) is 4.73. The van der Waals surface area contributed by atoms with Gasteiger partial charge in [-0.3, -0.25) is 0 Å². The Morgan fingerprint density at radius 1 is 1.33 bits per heavy atom. The van der Waals surface area contributed by atoms with Crippen LogP contribution in [0.5, 0.6) is 0 Å². The molecular formula is C10H21NO. The Hall–Kier alpha value is -0.0800. The van der Waals surface area contributed by atoms with E-state index in [2.05, 4.69) is 34.6 Å². The minimum atomic E-state index is -0.0298. The van der Waals surface area contributed by atoms with Gasteiger partial charge in [0.25, 0.3) is 0 Å². The first-order chi connectivity index (χ1) is 5.25. The summed E-state index contributed by atoms with van der Waals surface area (Å²) in [6.07, 6.45) is 2.19. The van der Waals surface area contributed by atoms with E-state index in [0.29, 0.717) is 6.04 Å². The molecule has 1 fully saturated rings. The van der Waals surface area contributed by atoms with Crippen LogP contribution in [0.25, 0.3) is 0 Å². The molecule has 72 valence electrons. The van der Waals surface area contributed by atoms with Gasteiger partial charge in [-0.2, -0.15) is 5.06 Å². The zero-order valence-electron chi connectivity index (χ0n) is 8.89. The molecule has 1 rings (SSSR count). The zero-order valence-corrected chi connectivity index (χ0v) is 8.89. The highest BCUT2D eigenvalue weighted by molar-refractivity contribution is 4.94. The number of nitrogens with zero attached hydrogens (tertiary/aromatic N) is 1. The highest BCUT2D eigenvalue weighted by Gasteiger charge is 2.43. The summed E-state index contributed by atoms with van der Waals surface area (Å²) in [6.45, 7) is 10.7. The van der Waals surface area contributed by atoms with E-state index in [1.807, 2.05) is 0 Å².